The summed E-state index contributed by atoms with van der Waals surface area (Å²) >= 11 is 0. The number of nitrogens with zero attached hydrogens (tertiary/aromatic N) is 2. The van der Waals surface area contributed by atoms with Crippen molar-refractivity contribution in [3.8, 4) is 5.69 Å². The molecule has 0 bridgehead atoms. The maximum atomic E-state index is 5.75. The lowest BCUT2D eigenvalue weighted by Gasteiger charge is -2.03. The van der Waals surface area contributed by atoms with Crippen molar-refractivity contribution in [2.24, 2.45) is 5.73 Å². The zero-order valence-corrected chi connectivity index (χ0v) is 9.72. The van der Waals surface area contributed by atoms with Crippen LogP contribution in [0.5, 0.6) is 0 Å². The molecule has 0 radical (unpaired) electrons. The fourth-order valence-electron chi connectivity index (χ4n) is 1.73. The van der Waals surface area contributed by atoms with E-state index in [1.807, 2.05) is 24.0 Å². The first-order chi connectivity index (χ1) is 7.65. The van der Waals surface area contributed by atoms with Crippen molar-refractivity contribution in [1.29, 1.82) is 0 Å². The number of rotatable bonds is 3. The average Bonchev–Trinajstić information content (AvgIpc) is 2.65. The third-order valence-electron chi connectivity index (χ3n) is 2.47. The fraction of sp³-hybridized carbons (Fsp3) is 0.308. The van der Waals surface area contributed by atoms with E-state index in [9.17, 15) is 0 Å². The van der Waals surface area contributed by atoms with Crippen LogP contribution in [0, 0.1) is 6.92 Å². The highest BCUT2D eigenvalue weighted by Crippen LogP contribution is 2.11. The van der Waals surface area contributed by atoms with Gasteiger partial charge in [0.15, 0.2) is 0 Å². The summed E-state index contributed by atoms with van der Waals surface area (Å²) in [5.74, 6) is 0. The highest BCUT2D eigenvalue weighted by atomic mass is 15.0. The highest BCUT2D eigenvalue weighted by molar-refractivity contribution is 5.35. The van der Waals surface area contributed by atoms with Gasteiger partial charge in [0.2, 0.25) is 0 Å². The zero-order valence-electron chi connectivity index (χ0n) is 9.72. The molecule has 0 aliphatic heterocycles. The first-order valence-corrected chi connectivity index (χ1v) is 5.50. The van der Waals surface area contributed by atoms with E-state index in [-0.39, 0.29) is 6.04 Å². The third kappa shape index (κ3) is 2.49. The summed E-state index contributed by atoms with van der Waals surface area (Å²) in [7, 11) is 0. The largest absolute Gasteiger partial charge is 0.328 e. The van der Waals surface area contributed by atoms with Gasteiger partial charge in [-0.3, -0.25) is 0 Å². The number of aryl methyl sites for hydroxylation is 1. The molecule has 0 amide bonds. The standard InChI is InChI=1S/C13H17N3/c1-10-4-3-5-13(6-10)16-8-12(15-9-16)7-11(2)14/h3-6,8-9,11H,7,14H2,1-2H3. The summed E-state index contributed by atoms with van der Waals surface area (Å²) in [6.07, 6.45) is 4.70. The minimum absolute atomic E-state index is 0.154. The van der Waals surface area contributed by atoms with Gasteiger partial charge in [0.1, 0.15) is 0 Å². The smallest absolute Gasteiger partial charge is 0.0995 e. The lowest BCUT2D eigenvalue weighted by atomic mass is 10.2. The van der Waals surface area contributed by atoms with Crippen molar-refractivity contribution in [2.45, 2.75) is 26.3 Å². The van der Waals surface area contributed by atoms with Crippen LogP contribution >= 0.6 is 0 Å². The van der Waals surface area contributed by atoms with Crippen LogP contribution in [0.4, 0.5) is 0 Å². The van der Waals surface area contributed by atoms with Gasteiger partial charge in [0, 0.05) is 24.3 Å². The zero-order chi connectivity index (χ0) is 11.5. The molecular weight excluding hydrogens is 198 g/mol. The Hall–Kier alpha value is -1.61. The van der Waals surface area contributed by atoms with Crippen molar-refractivity contribution < 1.29 is 0 Å². The van der Waals surface area contributed by atoms with E-state index in [0.717, 1.165) is 17.8 Å². The van der Waals surface area contributed by atoms with E-state index in [1.165, 1.54) is 5.56 Å². The van der Waals surface area contributed by atoms with Gasteiger partial charge < -0.3 is 10.3 Å². The molecule has 16 heavy (non-hydrogen) atoms. The number of aromatic nitrogens is 2. The van der Waals surface area contributed by atoms with Gasteiger partial charge >= 0.3 is 0 Å². The molecule has 0 aliphatic rings. The van der Waals surface area contributed by atoms with Gasteiger partial charge in [0.05, 0.1) is 12.0 Å². The molecule has 2 rings (SSSR count). The first kappa shape index (κ1) is 10.9. The fourth-order valence-corrected chi connectivity index (χ4v) is 1.73. The summed E-state index contributed by atoms with van der Waals surface area (Å²) < 4.78 is 2.03. The Morgan fingerprint density at radius 3 is 2.94 bits per heavy atom. The normalized spacial score (nSPS) is 12.7. The Labute approximate surface area is 95.9 Å². The lowest BCUT2D eigenvalue weighted by Crippen LogP contribution is -2.17. The Balaban J connectivity index is 2.24. The Kier molecular flexibility index (Phi) is 3.06. The molecule has 84 valence electrons. The van der Waals surface area contributed by atoms with Gasteiger partial charge in [-0.1, -0.05) is 12.1 Å². The first-order valence-electron chi connectivity index (χ1n) is 5.50. The van der Waals surface area contributed by atoms with Crippen molar-refractivity contribution >= 4 is 0 Å². The van der Waals surface area contributed by atoms with E-state index >= 15 is 0 Å². The molecular formula is C13H17N3. The van der Waals surface area contributed by atoms with Gasteiger partial charge in [0.25, 0.3) is 0 Å². The van der Waals surface area contributed by atoms with E-state index < -0.39 is 0 Å². The second-order valence-corrected chi connectivity index (χ2v) is 4.29. The number of hydrogen-bond acceptors (Lipinski definition) is 2. The third-order valence-corrected chi connectivity index (χ3v) is 2.47. The molecule has 1 aromatic heterocycles. The minimum atomic E-state index is 0.154. The second-order valence-electron chi connectivity index (χ2n) is 4.29. The number of benzene rings is 1. The summed E-state index contributed by atoms with van der Waals surface area (Å²) in [6.45, 7) is 4.08. The molecule has 0 fully saturated rings. The van der Waals surface area contributed by atoms with E-state index in [0.29, 0.717) is 0 Å². The maximum absolute atomic E-state index is 5.75. The summed E-state index contributed by atoms with van der Waals surface area (Å²) in [4.78, 5) is 4.35. The van der Waals surface area contributed by atoms with Crippen LogP contribution < -0.4 is 5.73 Å². The van der Waals surface area contributed by atoms with Gasteiger partial charge in [-0.2, -0.15) is 0 Å². The van der Waals surface area contributed by atoms with Crippen LogP contribution in [-0.2, 0) is 6.42 Å². The van der Waals surface area contributed by atoms with Gasteiger partial charge in [-0.15, -0.1) is 0 Å². The Morgan fingerprint density at radius 2 is 2.25 bits per heavy atom. The summed E-state index contributed by atoms with van der Waals surface area (Å²) in [6, 6.07) is 8.50. The molecule has 2 aromatic rings. The highest BCUT2D eigenvalue weighted by Gasteiger charge is 2.03. The number of hydrogen-bond donors (Lipinski definition) is 1. The van der Waals surface area contributed by atoms with Crippen LogP contribution in [0.2, 0.25) is 0 Å². The summed E-state index contributed by atoms with van der Waals surface area (Å²) in [5.41, 5.74) is 9.18. The molecule has 1 aromatic carbocycles. The van der Waals surface area contributed by atoms with Crippen LogP contribution in [0.25, 0.3) is 5.69 Å². The molecule has 1 atom stereocenters. The van der Waals surface area contributed by atoms with Crippen molar-refractivity contribution in [1.82, 2.24) is 9.55 Å². The Bertz CT molecular complexity index is 472. The molecule has 2 N–H and O–H groups in total. The molecule has 0 saturated carbocycles. The van der Waals surface area contributed by atoms with Crippen molar-refractivity contribution in [3.05, 3.63) is 48.0 Å². The Morgan fingerprint density at radius 1 is 1.44 bits per heavy atom. The lowest BCUT2D eigenvalue weighted by molar-refractivity contribution is 0.725. The topological polar surface area (TPSA) is 43.8 Å². The average molecular weight is 215 g/mol. The van der Waals surface area contributed by atoms with Crippen LogP contribution in [0.3, 0.4) is 0 Å². The van der Waals surface area contributed by atoms with Gasteiger partial charge in [-0.25, -0.2) is 4.98 Å². The van der Waals surface area contributed by atoms with Crippen molar-refractivity contribution in [2.75, 3.05) is 0 Å². The summed E-state index contributed by atoms with van der Waals surface area (Å²) in [5, 5.41) is 0. The van der Waals surface area contributed by atoms with Crippen LogP contribution in [-0.4, -0.2) is 15.6 Å². The number of imidazole rings is 1. The van der Waals surface area contributed by atoms with Crippen LogP contribution in [0.15, 0.2) is 36.8 Å². The van der Waals surface area contributed by atoms with E-state index in [4.69, 9.17) is 5.73 Å². The second kappa shape index (κ2) is 4.49. The predicted molar refractivity (Wildman–Crippen MR) is 65.7 cm³/mol. The molecule has 3 nitrogen and oxygen atoms in total. The SMILES string of the molecule is Cc1cccc(-n2cnc(CC(C)N)c2)c1. The minimum Gasteiger partial charge on any atom is -0.328 e. The quantitative estimate of drug-likeness (QED) is 0.851. The molecule has 1 heterocycles. The van der Waals surface area contributed by atoms with Gasteiger partial charge in [-0.05, 0) is 31.5 Å². The molecule has 0 spiro atoms. The maximum Gasteiger partial charge on any atom is 0.0995 e. The molecule has 0 aliphatic carbocycles. The molecule has 3 heteroatoms. The predicted octanol–water partition coefficient (Wildman–Crippen LogP) is 2.07. The van der Waals surface area contributed by atoms with E-state index in [1.54, 1.807) is 0 Å². The number of nitrogens with two attached hydrogens (primary N) is 1. The van der Waals surface area contributed by atoms with E-state index in [2.05, 4.69) is 36.2 Å². The molecule has 0 saturated heterocycles. The molecule has 1 unspecified atom stereocenters. The van der Waals surface area contributed by atoms with Crippen LogP contribution in [0.1, 0.15) is 18.2 Å². The van der Waals surface area contributed by atoms with Crippen molar-refractivity contribution in [3.63, 3.8) is 0 Å². The monoisotopic (exact) mass is 215 g/mol.